The number of fused-ring (bicyclic) bond motifs is 1. The molecule has 0 saturated carbocycles. The van der Waals surface area contributed by atoms with E-state index in [2.05, 4.69) is 4.98 Å². The Morgan fingerprint density at radius 2 is 2.16 bits per heavy atom. The quantitative estimate of drug-likeness (QED) is 0.667. The summed E-state index contributed by atoms with van der Waals surface area (Å²) in [5.41, 5.74) is 1.51. The summed E-state index contributed by atoms with van der Waals surface area (Å²) in [5, 5.41) is 1.14. The summed E-state index contributed by atoms with van der Waals surface area (Å²) in [5.74, 6) is 0.113. The SMILES string of the molecule is Cc1sc2ncn([C@@H]3CCS(=O)(=O)C3)c(=O)c2c1-c1cccc(Cl)c1. The van der Waals surface area contributed by atoms with Gasteiger partial charge in [-0.1, -0.05) is 23.7 Å². The molecular weight excluding hydrogens is 380 g/mol. The minimum absolute atomic E-state index is 0.00425. The van der Waals surface area contributed by atoms with Gasteiger partial charge in [-0.2, -0.15) is 0 Å². The van der Waals surface area contributed by atoms with Crippen molar-refractivity contribution in [2.45, 2.75) is 19.4 Å². The van der Waals surface area contributed by atoms with Crippen LogP contribution in [0.2, 0.25) is 5.02 Å². The second-order valence-corrected chi connectivity index (χ2v) is 10.1. The highest BCUT2D eigenvalue weighted by atomic mass is 35.5. The number of hydrogen-bond donors (Lipinski definition) is 0. The first-order valence-corrected chi connectivity index (χ1v) is 10.8. The monoisotopic (exact) mass is 394 g/mol. The van der Waals surface area contributed by atoms with Crippen molar-refractivity contribution in [2.24, 2.45) is 0 Å². The van der Waals surface area contributed by atoms with Crippen molar-refractivity contribution >= 4 is 43.0 Å². The van der Waals surface area contributed by atoms with Crippen molar-refractivity contribution in [2.75, 3.05) is 11.5 Å². The molecule has 0 spiro atoms. The van der Waals surface area contributed by atoms with Gasteiger partial charge in [0.25, 0.3) is 5.56 Å². The predicted octanol–water partition coefficient (Wildman–Crippen LogP) is 3.45. The van der Waals surface area contributed by atoms with Gasteiger partial charge in [0, 0.05) is 15.5 Å². The zero-order valence-electron chi connectivity index (χ0n) is 13.4. The lowest BCUT2D eigenvalue weighted by molar-refractivity contribution is 0.534. The normalized spacial score (nSPS) is 19.5. The Kier molecular flexibility index (Phi) is 3.97. The Hall–Kier alpha value is -1.70. The summed E-state index contributed by atoms with van der Waals surface area (Å²) < 4.78 is 25.0. The van der Waals surface area contributed by atoms with Gasteiger partial charge in [-0.3, -0.25) is 9.36 Å². The molecule has 0 bridgehead atoms. The lowest BCUT2D eigenvalue weighted by Crippen LogP contribution is -2.25. The highest BCUT2D eigenvalue weighted by Gasteiger charge is 2.30. The summed E-state index contributed by atoms with van der Waals surface area (Å²) in [4.78, 5) is 19.2. The van der Waals surface area contributed by atoms with E-state index in [4.69, 9.17) is 11.6 Å². The number of benzene rings is 1. The third-order valence-electron chi connectivity index (χ3n) is 4.53. The van der Waals surface area contributed by atoms with Crippen molar-refractivity contribution < 1.29 is 8.42 Å². The van der Waals surface area contributed by atoms with E-state index < -0.39 is 9.84 Å². The third-order valence-corrected chi connectivity index (χ3v) is 7.53. The van der Waals surface area contributed by atoms with Crippen molar-refractivity contribution in [3.8, 4) is 11.1 Å². The van der Waals surface area contributed by atoms with Gasteiger partial charge in [0.1, 0.15) is 4.83 Å². The molecule has 5 nitrogen and oxygen atoms in total. The topological polar surface area (TPSA) is 69.0 Å². The fourth-order valence-corrected chi connectivity index (χ4v) is 6.27. The van der Waals surface area contributed by atoms with E-state index in [1.54, 1.807) is 6.07 Å². The Bertz CT molecular complexity index is 1150. The lowest BCUT2D eigenvalue weighted by Gasteiger charge is -2.12. The van der Waals surface area contributed by atoms with Crippen LogP contribution in [0.3, 0.4) is 0 Å². The number of sulfone groups is 1. The number of aryl methyl sites for hydroxylation is 1. The molecule has 0 amide bonds. The lowest BCUT2D eigenvalue weighted by atomic mass is 10.0. The van der Waals surface area contributed by atoms with Crippen LogP contribution in [0.15, 0.2) is 35.4 Å². The first-order chi connectivity index (χ1) is 11.9. The molecule has 1 aliphatic heterocycles. The van der Waals surface area contributed by atoms with E-state index in [1.165, 1.54) is 22.2 Å². The minimum Gasteiger partial charge on any atom is -0.294 e. The molecule has 2 aromatic heterocycles. The average Bonchev–Trinajstić information content (AvgIpc) is 3.07. The molecule has 1 saturated heterocycles. The molecular formula is C17H15ClN2O3S2. The molecule has 4 rings (SSSR count). The zero-order chi connectivity index (χ0) is 17.8. The molecule has 25 heavy (non-hydrogen) atoms. The van der Waals surface area contributed by atoms with Crippen LogP contribution in [0.1, 0.15) is 17.3 Å². The minimum atomic E-state index is -3.08. The summed E-state index contributed by atoms with van der Waals surface area (Å²) in [6, 6.07) is 7.03. The van der Waals surface area contributed by atoms with Crippen LogP contribution in [0.5, 0.6) is 0 Å². The van der Waals surface area contributed by atoms with Gasteiger partial charge in [-0.05, 0) is 31.0 Å². The Labute approximate surface area is 153 Å². The molecule has 1 fully saturated rings. The first-order valence-electron chi connectivity index (χ1n) is 7.82. The number of hydrogen-bond acceptors (Lipinski definition) is 5. The molecule has 0 N–H and O–H groups in total. The summed E-state index contributed by atoms with van der Waals surface area (Å²) >= 11 is 7.57. The van der Waals surface area contributed by atoms with E-state index in [-0.39, 0.29) is 23.1 Å². The van der Waals surface area contributed by atoms with Gasteiger partial charge in [-0.15, -0.1) is 11.3 Å². The maximum absolute atomic E-state index is 13.1. The summed E-state index contributed by atoms with van der Waals surface area (Å²) in [6.07, 6.45) is 1.93. The number of nitrogens with zero attached hydrogens (tertiary/aromatic N) is 2. The number of thiophene rings is 1. The molecule has 8 heteroatoms. The van der Waals surface area contributed by atoms with Crippen LogP contribution in [0.25, 0.3) is 21.3 Å². The number of rotatable bonds is 2. The molecule has 0 aliphatic carbocycles. The Morgan fingerprint density at radius 1 is 1.36 bits per heavy atom. The smallest absolute Gasteiger partial charge is 0.262 e. The second kappa shape index (κ2) is 5.93. The number of halogens is 1. The van der Waals surface area contributed by atoms with Crippen LogP contribution >= 0.6 is 22.9 Å². The maximum atomic E-state index is 13.1. The van der Waals surface area contributed by atoms with Gasteiger partial charge in [0.15, 0.2) is 9.84 Å². The molecule has 1 atom stereocenters. The fourth-order valence-electron chi connectivity index (χ4n) is 3.36. The standard InChI is InChI=1S/C17H15ClN2O3S2/c1-10-14(11-3-2-4-12(18)7-11)15-16(24-10)19-9-20(17(15)21)13-5-6-25(22,23)8-13/h2-4,7,9,13H,5-6,8H2,1H3/t13-/m1/s1. The fraction of sp³-hybridized carbons (Fsp3) is 0.294. The van der Waals surface area contributed by atoms with E-state index >= 15 is 0 Å². The second-order valence-electron chi connectivity index (χ2n) is 6.24. The van der Waals surface area contributed by atoms with E-state index in [0.29, 0.717) is 21.7 Å². The summed E-state index contributed by atoms with van der Waals surface area (Å²) in [7, 11) is -3.08. The third kappa shape index (κ3) is 2.90. The Morgan fingerprint density at radius 3 is 2.84 bits per heavy atom. The Balaban J connectivity index is 1.95. The van der Waals surface area contributed by atoms with Crippen LogP contribution in [0.4, 0.5) is 0 Å². The number of aromatic nitrogens is 2. The average molecular weight is 395 g/mol. The molecule has 3 aromatic rings. The molecule has 1 aliphatic rings. The van der Waals surface area contributed by atoms with Gasteiger partial charge in [-0.25, -0.2) is 13.4 Å². The van der Waals surface area contributed by atoms with Gasteiger partial charge in [0.05, 0.1) is 29.3 Å². The van der Waals surface area contributed by atoms with Crippen molar-refractivity contribution in [1.82, 2.24) is 9.55 Å². The zero-order valence-corrected chi connectivity index (χ0v) is 15.8. The van der Waals surface area contributed by atoms with Crippen LogP contribution in [-0.4, -0.2) is 29.5 Å². The predicted molar refractivity (Wildman–Crippen MR) is 101 cm³/mol. The van der Waals surface area contributed by atoms with Crippen LogP contribution in [-0.2, 0) is 9.84 Å². The first kappa shape index (κ1) is 16.8. The van der Waals surface area contributed by atoms with Gasteiger partial charge >= 0.3 is 0 Å². The van der Waals surface area contributed by atoms with Gasteiger partial charge in [0.2, 0.25) is 0 Å². The molecule has 0 radical (unpaired) electrons. The molecule has 130 valence electrons. The summed E-state index contributed by atoms with van der Waals surface area (Å²) in [6.45, 7) is 1.95. The van der Waals surface area contributed by atoms with Gasteiger partial charge < -0.3 is 0 Å². The van der Waals surface area contributed by atoms with E-state index in [1.807, 2.05) is 25.1 Å². The van der Waals surface area contributed by atoms with Crippen molar-refractivity contribution in [3.05, 3.63) is 50.8 Å². The van der Waals surface area contributed by atoms with E-state index in [9.17, 15) is 13.2 Å². The van der Waals surface area contributed by atoms with Crippen molar-refractivity contribution in [1.29, 1.82) is 0 Å². The van der Waals surface area contributed by atoms with Crippen molar-refractivity contribution in [3.63, 3.8) is 0 Å². The van der Waals surface area contributed by atoms with Crippen LogP contribution in [0, 0.1) is 6.92 Å². The molecule has 3 heterocycles. The molecule has 0 unspecified atom stereocenters. The molecule has 1 aromatic carbocycles. The highest BCUT2D eigenvalue weighted by molar-refractivity contribution is 7.91. The van der Waals surface area contributed by atoms with Crippen LogP contribution < -0.4 is 5.56 Å². The highest BCUT2D eigenvalue weighted by Crippen LogP contribution is 2.36. The van der Waals surface area contributed by atoms with E-state index in [0.717, 1.165) is 16.0 Å². The largest absolute Gasteiger partial charge is 0.294 e. The maximum Gasteiger partial charge on any atom is 0.262 e.